The van der Waals surface area contributed by atoms with Crippen LogP contribution in [0.15, 0.2) is 36.4 Å². The van der Waals surface area contributed by atoms with Crippen molar-refractivity contribution in [3.05, 3.63) is 42.0 Å². The Labute approximate surface area is 100 Å². The molecule has 0 bridgehead atoms. The van der Waals surface area contributed by atoms with Crippen molar-refractivity contribution in [3.8, 4) is 5.75 Å². The van der Waals surface area contributed by atoms with Gasteiger partial charge in [0.25, 0.3) is 0 Å². The molecule has 2 aromatic carbocycles. The highest BCUT2D eigenvalue weighted by Crippen LogP contribution is 2.36. The van der Waals surface area contributed by atoms with Crippen LogP contribution in [0, 0.1) is 5.41 Å². The van der Waals surface area contributed by atoms with Gasteiger partial charge in [0.2, 0.25) is 0 Å². The Bertz CT molecular complexity index is 611. The zero-order valence-electron chi connectivity index (χ0n) is 9.99. The fourth-order valence-corrected chi connectivity index (χ4v) is 2.20. The summed E-state index contributed by atoms with van der Waals surface area (Å²) in [5, 5.41) is 2.19. The van der Waals surface area contributed by atoms with Crippen LogP contribution in [0.1, 0.15) is 24.2 Å². The van der Waals surface area contributed by atoms with Crippen LogP contribution >= 0.6 is 0 Å². The van der Waals surface area contributed by atoms with Crippen molar-refractivity contribution in [2.45, 2.75) is 13.8 Å². The second kappa shape index (κ2) is 3.33. The molecule has 1 aliphatic heterocycles. The molecular formula is C15H14O2. The molecule has 0 saturated heterocycles. The van der Waals surface area contributed by atoms with E-state index in [2.05, 4.69) is 0 Å². The Morgan fingerprint density at radius 1 is 1.12 bits per heavy atom. The van der Waals surface area contributed by atoms with Crippen molar-refractivity contribution in [3.63, 3.8) is 0 Å². The number of ether oxygens (including phenoxy) is 1. The molecule has 3 rings (SSSR count). The largest absolute Gasteiger partial charge is 0.492 e. The zero-order valence-corrected chi connectivity index (χ0v) is 9.99. The summed E-state index contributed by atoms with van der Waals surface area (Å²) >= 11 is 0. The second-order valence-corrected chi connectivity index (χ2v) is 5.20. The Kier molecular flexibility index (Phi) is 2.02. The molecule has 86 valence electrons. The standard InChI is InChI=1S/C15H14O2/c1-15(2)9-17-13-8-11-6-4-3-5-10(11)7-12(13)14(15)16/h3-8H,9H2,1-2H3. The molecule has 0 spiro atoms. The Hall–Kier alpha value is -1.83. The summed E-state index contributed by atoms with van der Waals surface area (Å²) in [6.07, 6.45) is 0. The van der Waals surface area contributed by atoms with E-state index in [1.165, 1.54) is 0 Å². The van der Waals surface area contributed by atoms with E-state index in [0.29, 0.717) is 17.9 Å². The molecule has 0 aromatic heterocycles. The van der Waals surface area contributed by atoms with E-state index in [9.17, 15) is 4.79 Å². The van der Waals surface area contributed by atoms with Gasteiger partial charge in [-0.05, 0) is 36.8 Å². The number of carbonyl (C=O) groups is 1. The molecule has 0 atom stereocenters. The van der Waals surface area contributed by atoms with Gasteiger partial charge in [0.1, 0.15) is 12.4 Å². The fraction of sp³-hybridized carbons (Fsp3) is 0.267. The lowest BCUT2D eigenvalue weighted by Crippen LogP contribution is -2.35. The molecule has 0 radical (unpaired) electrons. The van der Waals surface area contributed by atoms with E-state index in [-0.39, 0.29) is 5.78 Å². The zero-order chi connectivity index (χ0) is 12.0. The van der Waals surface area contributed by atoms with E-state index >= 15 is 0 Å². The molecule has 0 N–H and O–H groups in total. The minimum absolute atomic E-state index is 0.171. The van der Waals surface area contributed by atoms with E-state index in [1.54, 1.807) is 0 Å². The highest BCUT2D eigenvalue weighted by molar-refractivity contribution is 6.06. The molecule has 2 nitrogen and oxygen atoms in total. The lowest BCUT2D eigenvalue weighted by Gasteiger charge is -2.30. The average molecular weight is 226 g/mol. The highest BCUT2D eigenvalue weighted by atomic mass is 16.5. The molecule has 2 heteroatoms. The molecule has 0 unspecified atom stereocenters. The number of hydrogen-bond donors (Lipinski definition) is 0. The quantitative estimate of drug-likeness (QED) is 0.687. The lowest BCUT2D eigenvalue weighted by atomic mass is 9.82. The molecule has 0 saturated carbocycles. The molecule has 0 fully saturated rings. The molecular weight excluding hydrogens is 212 g/mol. The van der Waals surface area contributed by atoms with E-state index in [1.807, 2.05) is 50.2 Å². The Morgan fingerprint density at radius 2 is 1.76 bits per heavy atom. The van der Waals surface area contributed by atoms with Crippen LogP contribution in [0.3, 0.4) is 0 Å². The first-order chi connectivity index (χ1) is 8.08. The second-order valence-electron chi connectivity index (χ2n) is 5.20. The molecule has 0 aliphatic carbocycles. The Morgan fingerprint density at radius 3 is 2.47 bits per heavy atom. The summed E-state index contributed by atoms with van der Waals surface area (Å²) in [5.74, 6) is 0.887. The van der Waals surface area contributed by atoms with Crippen molar-refractivity contribution in [2.75, 3.05) is 6.61 Å². The first kappa shape index (κ1) is 10.3. The maximum absolute atomic E-state index is 12.3. The summed E-state index contributed by atoms with van der Waals surface area (Å²) in [5.41, 5.74) is 0.287. The maximum Gasteiger partial charge on any atom is 0.175 e. The third-order valence-corrected chi connectivity index (χ3v) is 3.30. The number of ketones is 1. The predicted octanol–water partition coefficient (Wildman–Crippen LogP) is 3.44. The molecule has 0 amide bonds. The number of rotatable bonds is 0. The minimum atomic E-state index is -0.421. The van der Waals surface area contributed by atoms with Gasteiger partial charge in [-0.25, -0.2) is 0 Å². The van der Waals surface area contributed by atoms with Crippen molar-refractivity contribution < 1.29 is 9.53 Å². The van der Waals surface area contributed by atoms with Crippen molar-refractivity contribution in [2.24, 2.45) is 5.41 Å². The van der Waals surface area contributed by atoms with Gasteiger partial charge >= 0.3 is 0 Å². The van der Waals surface area contributed by atoms with Gasteiger partial charge in [-0.3, -0.25) is 4.79 Å². The van der Waals surface area contributed by atoms with Gasteiger partial charge in [0, 0.05) is 0 Å². The smallest absolute Gasteiger partial charge is 0.175 e. The summed E-state index contributed by atoms with van der Waals surface area (Å²) in [4.78, 5) is 12.3. The predicted molar refractivity (Wildman–Crippen MR) is 67.6 cm³/mol. The molecule has 2 aromatic rings. The van der Waals surface area contributed by atoms with Gasteiger partial charge in [-0.15, -0.1) is 0 Å². The minimum Gasteiger partial charge on any atom is -0.492 e. The van der Waals surface area contributed by atoms with Crippen LogP contribution in [0.25, 0.3) is 10.8 Å². The first-order valence-corrected chi connectivity index (χ1v) is 5.78. The highest BCUT2D eigenvalue weighted by Gasteiger charge is 2.35. The van der Waals surface area contributed by atoms with Crippen LogP contribution in [0.2, 0.25) is 0 Å². The monoisotopic (exact) mass is 226 g/mol. The lowest BCUT2D eigenvalue weighted by molar-refractivity contribution is 0.0693. The topological polar surface area (TPSA) is 26.3 Å². The van der Waals surface area contributed by atoms with Crippen LogP contribution in [-0.2, 0) is 0 Å². The fourth-order valence-electron chi connectivity index (χ4n) is 2.20. The summed E-state index contributed by atoms with van der Waals surface area (Å²) in [6.45, 7) is 4.30. The number of carbonyl (C=O) groups excluding carboxylic acids is 1. The SMILES string of the molecule is CC1(C)COc2cc3ccccc3cc2C1=O. The van der Waals surface area contributed by atoms with E-state index in [0.717, 1.165) is 10.8 Å². The van der Waals surface area contributed by atoms with Crippen LogP contribution in [0.5, 0.6) is 5.75 Å². The first-order valence-electron chi connectivity index (χ1n) is 5.78. The maximum atomic E-state index is 12.3. The number of hydrogen-bond acceptors (Lipinski definition) is 2. The molecule has 17 heavy (non-hydrogen) atoms. The van der Waals surface area contributed by atoms with Crippen molar-refractivity contribution in [1.82, 2.24) is 0 Å². The number of benzene rings is 2. The van der Waals surface area contributed by atoms with Crippen molar-refractivity contribution >= 4 is 16.6 Å². The van der Waals surface area contributed by atoms with Gasteiger partial charge in [-0.1, -0.05) is 24.3 Å². The Balaban J connectivity index is 2.26. The van der Waals surface area contributed by atoms with Gasteiger partial charge in [0.05, 0.1) is 11.0 Å². The molecule has 1 heterocycles. The van der Waals surface area contributed by atoms with Crippen LogP contribution in [0.4, 0.5) is 0 Å². The summed E-state index contributed by atoms with van der Waals surface area (Å²) in [6, 6.07) is 11.9. The third-order valence-electron chi connectivity index (χ3n) is 3.30. The average Bonchev–Trinajstić information content (AvgIpc) is 2.33. The van der Waals surface area contributed by atoms with Gasteiger partial charge < -0.3 is 4.74 Å². The van der Waals surface area contributed by atoms with E-state index in [4.69, 9.17) is 4.74 Å². The molecule has 1 aliphatic rings. The summed E-state index contributed by atoms with van der Waals surface area (Å²) < 4.78 is 5.70. The van der Waals surface area contributed by atoms with Crippen LogP contribution in [-0.4, -0.2) is 12.4 Å². The third kappa shape index (κ3) is 1.52. The number of fused-ring (bicyclic) bond motifs is 2. The normalized spacial score (nSPS) is 17.6. The van der Waals surface area contributed by atoms with Crippen molar-refractivity contribution in [1.29, 1.82) is 0 Å². The van der Waals surface area contributed by atoms with E-state index < -0.39 is 5.41 Å². The number of Topliss-reactive ketones (excluding diaryl/α,β-unsaturated/α-hetero) is 1. The van der Waals surface area contributed by atoms with Crippen LogP contribution < -0.4 is 4.74 Å². The summed E-state index contributed by atoms with van der Waals surface area (Å²) in [7, 11) is 0. The van der Waals surface area contributed by atoms with Gasteiger partial charge in [-0.2, -0.15) is 0 Å². The van der Waals surface area contributed by atoms with Gasteiger partial charge in [0.15, 0.2) is 5.78 Å².